The van der Waals surface area contributed by atoms with E-state index in [1.54, 1.807) is 0 Å². The second-order valence-corrected chi connectivity index (χ2v) is 6.08. The Kier molecular flexibility index (Phi) is 3.91. The van der Waals surface area contributed by atoms with Gasteiger partial charge in [-0.15, -0.1) is 0 Å². The Labute approximate surface area is 100 Å². The van der Waals surface area contributed by atoms with Crippen molar-refractivity contribution in [1.82, 2.24) is 5.32 Å². The summed E-state index contributed by atoms with van der Waals surface area (Å²) in [6.07, 6.45) is 8.29. The van der Waals surface area contributed by atoms with Crippen molar-refractivity contribution in [2.24, 2.45) is 5.92 Å². The summed E-state index contributed by atoms with van der Waals surface area (Å²) in [6, 6.07) is 0.833. The summed E-state index contributed by atoms with van der Waals surface area (Å²) in [4.78, 5) is 0. The summed E-state index contributed by atoms with van der Waals surface area (Å²) in [6.45, 7) is 7.87. The molecule has 0 aromatic heterocycles. The normalized spacial score (nSPS) is 25.5. The first-order chi connectivity index (χ1) is 7.61. The fourth-order valence-corrected chi connectivity index (χ4v) is 2.32. The number of hydrogen-bond acceptors (Lipinski definition) is 2. The van der Waals surface area contributed by atoms with Gasteiger partial charge < -0.3 is 10.1 Å². The van der Waals surface area contributed by atoms with E-state index in [1.807, 2.05) is 0 Å². The zero-order chi connectivity index (χ0) is 11.6. The highest BCUT2D eigenvalue weighted by molar-refractivity contribution is 4.92. The molecule has 0 aromatic carbocycles. The van der Waals surface area contributed by atoms with Crippen LogP contribution in [0.3, 0.4) is 0 Å². The Morgan fingerprint density at radius 3 is 2.38 bits per heavy atom. The molecule has 2 saturated carbocycles. The van der Waals surface area contributed by atoms with Crippen molar-refractivity contribution in [2.75, 3.05) is 6.54 Å². The van der Waals surface area contributed by atoms with Crippen LogP contribution >= 0.6 is 0 Å². The minimum atomic E-state index is 0.228. The Morgan fingerprint density at radius 1 is 1.25 bits per heavy atom. The zero-order valence-corrected chi connectivity index (χ0v) is 11.1. The first-order valence-electron chi connectivity index (χ1n) is 7.02. The van der Waals surface area contributed by atoms with Crippen molar-refractivity contribution in [3.63, 3.8) is 0 Å². The Balaban J connectivity index is 1.72. The number of rotatable bonds is 7. The van der Waals surface area contributed by atoms with Crippen LogP contribution in [0.25, 0.3) is 0 Å². The van der Waals surface area contributed by atoms with Crippen molar-refractivity contribution in [3.8, 4) is 0 Å². The fraction of sp³-hybridized carbons (Fsp3) is 1.00. The van der Waals surface area contributed by atoms with E-state index in [9.17, 15) is 0 Å². The van der Waals surface area contributed by atoms with Gasteiger partial charge in [-0.05, 0) is 57.9 Å². The topological polar surface area (TPSA) is 21.3 Å². The lowest BCUT2D eigenvalue weighted by molar-refractivity contribution is -0.149. The monoisotopic (exact) mass is 225 g/mol. The molecule has 2 rings (SSSR count). The van der Waals surface area contributed by atoms with E-state index in [0.29, 0.717) is 12.0 Å². The highest BCUT2D eigenvalue weighted by Gasteiger charge is 2.39. The molecule has 1 N–H and O–H groups in total. The van der Waals surface area contributed by atoms with E-state index in [-0.39, 0.29) is 5.60 Å². The summed E-state index contributed by atoms with van der Waals surface area (Å²) >= 11 is 0. The Morgan fingerprint density at radius 2 is 1.94 bits per heavy atom. The molecule has 1 atom stereocenters. The van der Waals surface area contributed by atoms with Crippen molar-refractivity contribution in [3.05, 3.63) is 0 Å². The summed E-state index contributed by atoms with van der Waals surface area (Å²) < 4.78 is 6.30. The third-order valence-electron chi connectivity index (χ3n) is 4.23. The van der Waals surface area contributed by atoms with Crippen molar-refractivity contribution in [1.29, 1.82) is 0 Å². The Bertz CT molecular complexity index is 219. The first kappa shape index (κ1) is 12.4. The molecule has 0 spiro atoms. The van der Waals surface area contributed by atoms with Crippen LogP contribution in [0, 0.1) is 5.92 Å². The fourth-order valence-electron chi connectivity index (χ4n) is 2.32. The van der Waals surface area contributed by atoms with Crippen LogP contribution in [0.1, 0.15) is 59.3 Å². The predicted octanol–water partition coefficient (Wildman–Crippen LogP) is 3.11. The van der Waals surface area contributed by atoms with Gasteiger partial charge in [0, 0.05) is 6.04 Å². The van der Waals surface area contributed by atoms with Crippen LogP contribution < -0.4 is 5.32 Å². The van der Waals surface area contributed by atoms with Gasteiger partial charge in [0.15, 0.2) is 0 Å². The van der Waals surface area contributed by atoms with E-state index < -0.39 is 0 Å². The van der Waals surface area contributed by atoms with Gasteiger partial charge in [-0.1, -0.05) is 13.8 Å². The van der Waals surface area contributed by atoms with Crippen LogP contribution in [0.2, 0.25) is 0 Å². The first-order valence-corrected chi connectivity index (χ1v) is 7.02. The molecule has 0 heterocycles. The molecule has 0 amide bonds. The van der Waals surface area contributed by atoms with E-state index in [4.69, 9.17) is 4.74 Å². The SMILES string of the molecule is CC(C)C(C)OC1(CCNC2CC2)CCC1. The molecule has 0 radical (unpaired) electrons. The van der Waals surface area contributed by atoms with E-state index in [2.05, 4.69) is 26.1 Å². The maximum absolute atomic E-state index is 6.30. The van der Waals surface area contributed by atoms with Gasteiger partial charge in [0.05, 0.1) is 11.7 Å². The molecule has 2 aliphatic carbocycles. The molecule has 0 saturated heterocycles. The molecule has 2 fully saturated rings. The average Bonchev–Trinajstić information content (AvgIpc) is 2.97. The van der Waals surface area contributed by atoms with Gasteiger partial charge >= 0.3 is 0 Å². The predicted molar refractivity (Wildman–Crippen MR) is 67.6 cm³/mol. The molecule has 2 nitrogen and oxygen atoms in total. The molecule has 16 heavy (non-hydrogen) atoms. The molecule has 94 valence electrons. The number of nitrogens with one attached hydrogen (secondary N) is 1. The average molecular weight is 225 g/mol. The van der Waals surface area contributed by atoms with Gasteiger partial charge in [-0.3, -0.25) is 0 Å². The molecule has 0 bridgehead atoms. The van der Waals surface area contributed by atoms with Gasteiger partial charge in [0.1, 0.15) is 0 Å². The number of hydrogen-bond donors (Lipinski definition) is 1. The lowest BCUT2D eigenvalue weighted by atomic mass is 9.77. The Hall–Kier alpha value is -0.0800. The highest BCUT2D eigenvalue weighted by atomic mass is 16.5. The van der Waals surface area contributed by atoms with Crippen molar-refractivity contribution in [2.45, 2.75) is 77.0 Å². The van der Waals surface area contributed by atoms with Gasteiger partial charge in [-0.2, -0.15) is 0 Å². The molecule has 0 aliphatic heterocycles. The minimum Gasteiger partial charge on any atom is -0.372 e. The maximum Gasteiger partial charge on any atom is 0.0698 e. The van der Waals surface area contributed by atoms with E-state index in [0.717, 1.165) is 12.6 Å². The highest BCUT2D eigenvalue weighted by Crippen LogP contribution is 2.40. The summed E-state index contributed by atoms with van der Waals surface area (Å²) in [5.41, 5.74) is 0.228. The number of ether oxygens (including phenoxy) is 1. The van der Waals surface area contributed by atoms with Crippen LogP contribution in [0.5, 0.6) is 0 Å². The van der Waals surface area contributed by atoms with Crippen LogP contribution in [0.4, 0.5) is 0 Å². The van der Waals surface area contributed by atoms with Gasteiger partial charge in [0.2, 0.25) is 0 Å². The van der Waals surface area contributed by atoms with E-state index >= 15 is 0 Å². The maximum atomic E-state index is 6.30. The van der Waals surface area contributed by atoms with Crippen molar-refractivity contribution >= 4 is 0 Å². The zero-order valence-electron chi connectivity index (χ0n) is 11.1. The summed E-state index contributed by atoms with van der Waals surface area (Å²) in [7, 11) is 0. The van der Waals surface area contributed by atoms with Gasteiger partial charge in [-0.25, -0.2) is 0 Å². The smallest absolute Gasteiger partial charge is 0.0698 e. The van der Waals surface area contributed by atoms with Gasteiger partial charge in [0.25, 0.3) is 0 Å². The molecular weight excluding hydrogens is 198 g/mol. The lowest BCUT2D eigenvalue weighted by Gasteiger charge is -2.44. The van der Waals surface area contributed by atoms with Crippen molar-refractivity contribution < 1.29 is 4.74 Å². The molecule has 2 aliphatic rings. The van der Waals surface area contributed by atoms with E-state index in [1.165, 1.54) is 38.5 Å². The lowest BCUT2D eigenvalue weighted by Crippen LogP contribution is -2.45. The second kappa shape index (κ2) is 5.05. The van der Waals surface area contributed by atoms with Crippen LogP contribution in [0.15, 0.2) is 0 Å². The third-order valence-corrected chi connectivity index (χ3v) is 4.23. The molecule has 2 heteroatoms. The van der Waals surface area contributed by atoms with Crippen LogP contribution in [-0.2, 0) is 4.74 Å². The minimum absolute atomic E-state index is 0.228. The quantitative estimate of drug-likeness (QED) is 0.719. The standard InChI is InChI=1S/C14H27NO/c1-11(2)12(3)16-14(7-4-8-14)9-10-15-13-5-6-13/h11-13,15H,4-10H2,1-3H3. The summed E-state index contributed by atoms with van der Waals surface area (Å²) in [5, 5.41) is 3.60. The second-order valence-electron chi connectivity index (χ2n) is 6.08. The molecular formula is C14H27NO. The summed E-state index contributed by atoms with van der Waals surface area (Å²) in [5.74, 6) is 0.633. The molecule has 1 unspecified atom stereocenters. The van der Waals surface area contributed by atoms with Crippen LogP contribution in [-0.4, -0.2) is 24.3 Å². The molecule has 0 aromatic rings. The third kappa shape index (κ3) is 3.21. The largest absolute Gasteiger partial charge is 0.372 e.